The summed E-state index contributed by atoms with van der Waals surface area (Å²) in [5.74, 6) is -2.94. The SMILES string of the molecule is O=C(NC(=O)c1c(F)cccc1F)Nc1ccc(C(ON=Cc2ccc(Cl)cc2)C2CC2)cc1. The van der Waals surface area contributed by atoms with E-state index in [1.165, 1.54) is 0 Å². The molecule has 1 aliphatic rings. The molecule has 2 N–H and O–H groups in total. The zero-order valence-electron chi connectivity index (χ0n) is 17.8. The molecular formula is C25H20ClF2N3O3. The molecule has 0 heterocycles. The van der Waals surface area contributed by atoms with Crippen molar-refractivity contribution in [1.82, 2.24) is 5.32 Å². The first kappa shape index (κ1) is 23.4. The van der Waals surface area contributed by atoms with Gasteiger partial charge in [0.1, 0.15) is 17.2 Å². The Morgan fingerprint density at radius 3 is 2.26 bits per heavy atom. The highest BCUT2D eigenvalue weighted by Crippen LogP contribution is 2.43. The molecule has 6 nitrogen and oxygen atoms in total. The van der Waals surface area contributed by atoms with Gasteiger partial charge in [0.05, 0.1) is 6.21 Å². The third kappa shape index (κ3) is 5.96. The van der Waals surface area contributed by atoms with Crippen LogP contribution in [0.25, 0.3) is 0 Å². The molecule has 0 spiro atoms. The molecular weight excluding hydrogens is 464 g/mol. The van der Waals surface area contributed by atoms with E-state index in [-0.39, 0.29) is 6.10 Å². The van der Waals surface area contributed by atoms with Crippen LogP contribution in [0.15, 0.2) is 71.9 Å². The molecule has 3 amide bonds. The normalized spacial score (nSPS) is 14.0. The van der Waals surface area contributed by atoms with E-state index >= 15 is 0 Å². The van der Waals surface area contributed by atoms with Crippen LogP contribution in [0.3, 0.4) is 0 Å². The van der Waals surface area contributed by atoms with Crippen LogP contribution in [0.4, 0.5) is 19.3 Å². The highest BCUT2D eigenvalue weighted by Gasteiger charge is 2.34. The molecule has 1 atom stereocenters. The van der Waals surface area contributed by atoms with Crippen molar-refractivity contribution in [1.29, 1.82) is 0 Å². The Kier molecular flexibility index (Phi) is 7.18. The summed E-state index contributed by atoms with van der Waals surface area (Å²) >= 11 is 5.88. The largest absolute Gasteiger partial charge is 0.387 e. The van der Waals surface area contributed by atoms with Crippen LogP contribution in [-0.2, 0) is 4.84 Å². The van der Waals surface area contributed by atoms with Gasteiger partial charge in [-0.15, -0.1) is 0 Å². The summed E-state index contributed by atoms with van der Waals surface area (Å²) in [4.78, 5) is 29.9. The molecule has 1 unspecified atom stereocenters. The number of amides is 3. The molecule has 1 aliphatic carbocycles. The maximum atomic E-state index is 13.7. The smallest absolute Gasteiger partial charge is 0.326 e. The van der Waals surface area contributed by atoms with Gasteiger partial charge in [0.2, 0.25) is 0 Å². The quantitative estimate of drug-likeness (QED) is 0.315. The standard InChI is InChI=1S/C25H20ClF2N3O3/c26-18-10-4-15(5-11-18)14-29-34-23(16-6-7-16)17-8-12-19(13-9-17)30-25(33)31-24(32)22-20(27)2-1-3-21(22)28/h1-5,8-14,16,23H,6-7H2,(H2,30,31,32,33). The number of nitrogens with zero attached hydrogens (tertiary/aromatic N) is 1. The van der Waals surface area contributed by atoms with Gasteiger partial charge in [0.25, 0.3) is 5.91 Å². The Morgan fingerprint density at radius 1 is 1.00 bits per heavy atom. The van der Waals surface area contributed by atoms with E-state index in [9.17, 15) is 18.4 Å². The molecule has 1 fully saturated rings. The average Bonchev–Trinajstić information content (AvgIpc) is 3.64. The molecule has 1 saturated carbocycles. The van der Waals surface area contributed by atoms with Gasteiger partial charge in [-0.25, -0.2) is 13.6 Å². The number of rotatable bonds is 7. The number of imide groups is 1. The molecule has 34 heavy (non-hydrogen) atoms. The lowest BCUT2D eigenvalue weighted by Gasteiger charge is -2.15. The van der Waals surface area contributed by atoms with Gasteiger partial charge in [-0.05, 0) is 60.4 Å². The van der Waals surface area contributed by atoms with Crippen LogP contribution in [0, 0.1) is 17.6 Å². The Bertz CT molecular complexity index is 1190. The number of hydrogen-bond donors (Lipinski definition) is 2. The number of oxime groups is 1. The molecule has 0 aliphatic heterocycles. The Labute approximate surface area is 199 Å². The van der Waals surface area contributed by atoms with E-state index in [0.29, 0.717) is 16.6 Å². The van der Waals surface area contributed by atoms with E-state index < -0.39 is 29.1 Å². The van der Waals surface area contributed by atoms with Gasteiger partial charge < -0.3 is 10.2 Å². The van der Waals surface area contributed by atoms with E-state index in [2.05, 4.69) is 10.5 Å². The van der Waals surface area contributed by atoms with E-state index in [4.69, 9.17) is 16.4 Å². The molecule has 3 aromatic carbocycles. The van der Waals surface area contributed by atoms with Crippen molar-refractivity contribution in [2.45, 2.75) is 18.9 Å². The third-order valence-corrected chi connectivity index (χ3v) is 5.46. The predicted molar refractivity (Wildman–Crippen MR) is 125 cm³/mol. The van der Waals surface area contributed by atoms with Crippen molar-refractivity contribution < 1.29 is 23.2 Å². The number of benzene rings is 3. The van der Waals surface area contributed by atoms with Crippen LogP contribution < -0.4 is 10.6 Å². The number of hydrogen-bond acceptors (Lipinski definition) is 4. The number of nitrogens with one attached hydrogen (secondary N) is 2. The van der Waals surface area contributed by atoms with Crippen molar-refractivity contribution in [3.05, 3.63) is 100 Å². The second kappa shape index (κ2) is 10.4. The molecule has 0 radical (unpaired) electrons. The minimum Gasteiger partial charge on any atom is -0.387 e. The lowest BCUT2D eigenvalue weighted by molar-refractivity contribution is 0.0434. The van der Waals surface area contributed by atoms with Gasteiger partial charge in [-0.3, -0.25) is 10.1 Å². The molecule has 0 saturated heterocycles. The molecule has 0 aromatic heterocycles. The van der Waals surface area contributed by atoms with Crippen LogP contribution in [-0.4, -0.2) is 18.2 Å². The average molecular weight is 484 g/mol. The minimum atomic E-state index is -1.18. The van der Waals surface area contributed by atoms with Crippen LogP contribution in [0.2, 0.25) is 5.02 Å². The fourth-order valence-electron chi connectivity index (χ4n) is 3.32. The van der Waals surface area contributed by atoms with Crippen molar-refractivity contribution in [3.63, 3.8) is 0 Å². The highest BCUT2D eigenvalue weighted by atomic mass is 35.5. The first-order chi connectivity index (χ1) is 16.4. The summed E-state index contributed by atoms with van der Waals surface area (Å²) in [7, 11) is 0. The van der Waals surface area contributed by atoms with Crippen LogP contribution >= 0.6 is 11.6 Å². The van der Waals surface area contributed by atoms with Crippen LogP contribution in [0.1, 0.15) is 40.4 Å². The number of carbonyl (C=O) groups is 2. The van der Waals surface area contributed by atoms with E-state index in [1.807, 2.05) is 17.4 Å². The maximum absolute atomic E-state index is 13.7. The van der Waals surface area contributed by atoms with Gasteiger partial charge in [0.15, 0.2) is 6.10 Å². The molecule has 9 heteroatoms. The summed E-state index contributed by atoms with van der Waals surface area (Å²) in [5, 5.41) is 9.13. The third-order valence-electron chi connectivity index (χ3n) is 5.21. The van der Waals surface area contributed by atoms with Crippen LogP contribution in [0.5, 0.6) is 0 Å². The number of carbonyl (C=O) groups excluding carboxylic acids is 2. The topological polar surface area (TPSA) is 79.8 Å². The Balaban J connectivity index is 1.36. The van der Waals surface area contributed by atoms with Crippen molar-refractivity contribution in [2.75, 3.05) is 5.32 Å². The van der Waals surface area contributed by atoms with Gasteiger partial charge in [-0.1, -0.05) is 47.1 Å². The summed E-state index contributed by atoms with van der Waals surface area (Å²) < 4.78 is 27.4. The number of anilines is 1. The van der Waals surface area contributed by atoms with Crippen molar-refractivity contribution in [2.24, 2.45) is 11.1 Å². The highest BCUT2D eigenvalue weighted by molar-refractivity contribution is 6.30. The van der Waals surface area contributed by atoms with Gasteiger partial charge in [0, 0.05) is 16.6 Å². The molecule has 3 aromatic rings. The zero-order chi connectivity index (χ0) is 24.1. The van der Waals surface area contributed by atoms with E-state index in [0.717, 1.165) is 42.2 Å². The van der Waals surface area contributed by atoms with Gasteiger partial charge >= 0.3 is 6.03 Å². The van der Waals surface area contributed by atoms with Crippen molar-refractivity contribution in [3.8, 4) is 0 Å². The minimum absolute atomic E-state index is 0.239. The summed E-state index contributed by atoms with van der Waals surface area (Å²) in [6, 6.07) is 16.1. The second-order valence-electron chi connectivity index (χ2n) is 7.78. The zero-order valence-corrected chi connectivity index (χ0v) is 18.6. The van der Waals surface area contributed by atoms with Gasteiger partial charge in [-0.2, -0.15) is 0 Å². The number of halogens is 3. The van der Waals surface area contributed by atoms with Crippen molar-refractivity contribution >= 4 is 35.4 Å². The molecule has 4 rings (SSSR count). The summed E-state index contributed by atoms with van der Waals surface area (Å²) in [6.07, 6.45) is 3.43. The fraction of sp³-hybridized carbons (Fsp3) is 0.160. The van der Waals surface area contributed by atoms with E-state index in [1.54, 1.807) is 42.6 Å². The first-order valence-corrected chi connectivity index (χ1v) is 10.9. The maximum Gasteiger partial charge on any atom is 0.326 e. The lowest BCUT2D eigenvalue weighted by Crippen LogP contribution is -2.35. The molecule has 0 bridgehead atoms. The second-order valence-corrected chi connectivity index (χ2v) is 8.21. The Morgan fingerprint density at radius 2 is 1.65 bits per heavy atom. The molecule has 174 valence electrons. The summed E-state index contributed by atoms with van der Waals surface area (Å²) in [5.41, 5.74) is 1.30. The Hall–Kier alpha value is -3.78. The number of urea groups is 1. The fourth-order valence-corrected chi connectivity index (χ4v) is 3.45. The predicted octanol–water partition coefficient (Wildman–Crippen LogP) is 6.08. The summed E-state index contributed by atoms with van der Waals surface area (Å²) in [6.45, 7) is 0. The monoisotopic (exact) mass is 483 g/mol. The lowest BCUT2D eigenvalue weighted by atomic mass is 10.1. The first-order valence-electron chi connectivity index (χ1n) is 10.5.